The van der Waals surface area contributed by atoms with E-state index in [9.17, 15) is 9.00 Å². The van der Waals surface area contributed by atoms with E-state index >= 15 is 0 Å². The monoisotopic (exact) mass is 266 g/mol. The lowest BCUT2D eigenvalue weighted by atomic mass is 10.2. The molecule has 1 aliphatic rings. The van der Waals surface area contributed by atoms with Crippen molar-refractivity contribution < 1.29 is 9.00 Å². The van der Waals surface area contributed by atoms with Crippen molar-refractivity contribution in [2.75, 3.05) is 31.9 Å². The van der Waals surface area contributed by atoms with Gasteiger partial charge in [-0.1, -0.05) is 18.2 Å². The predicted octanol–water partition coefficient (Wildman–Crippen LogP) is 0.534. The number of carbonyl (C=O) groups excluding carboxylic acids is 1. The lowest BCUT2D eigenvalue weighted by molar-refractivity contribution is -0.128. The van der Waals surface area contributed by atoms with Gasteiger partial charge < -0.3 is 10.2 Å². The van der Waals surface area contributed by atoms with Crippen molar-refractivity contribution in [2.24, 2.45) is 0 Å². The van der Waals surface area contributed by atoms with Crippen molar-refractivity contribution >= 4 is 16.7 Å². The first-order valence-electron chi connectivity index (χ1n) is 6.11. The molecule has 1 aromatic rings. The fraction of sp³-hybridized carbons (Fsp3) is 0.462. The molecule has 2 rings (SSSR count). The zero-order valence-corrected chi connectivity index (χ0v) is 11.3. The topological polar surface area (TPSA) is 49.4 Å². The van der Waals surface area contributed by atoms with Crippen molar-refractivity contribution in [1.82, 2.24) is 10.2 Å². The summed E-state index contributed by atoms with van der Waals surface area (Å²) in [5.74, 6) is 0.0725. The number of hydrogen-bond donors (Lipinski definition) is 1. The maximum Gasteiger partial charge on any atom is 0.235 e. The maximum absolute atomic E-state index is 12.2. The van der Waals surface area contributed by atoms with Crippen LogP contribution in [0.3, 0.4) is 0 Å². The Hall–Kier alpha value is -1.20. The first-order chi connectivity index (χ1) is 8.68. The molecule has 0 aromatic heterocycles. The van der Waals surface area contributed by atoms with Crippen molar-refractivity contribution in [3.05, 3.63) is 29.8 Å². The van der Waals surface area contributed by atoms with Crippen molar-refractivity contribution in [2.45, 2.75) is 11.8 Å². The zero-order chi connectivity index (χ0) is 13.0. The third-order valence-corrected chi connectivity index (χ3v) is 4.52. The average molecular weight is 266 g/mol. The fourth-order valence-electron chi connectivity index (χ4n) is 2.01. The Morgan fingerprint density at radius 1 is 1.33 bits per heavy atom. The summed E-state index contributed by atoms with van der Waals surface area (Å²) in [5, 5.41) is 3.19. The van der Waals surface area contributed by atoms with Crippen LogP contribution in [-0.4, -0.2) is 46.9 Å². The third-order valence-electron chi connectivity index (χ3n) is 3.06. The molecule has 1 N–H and O–H groups in total. The fourth-order valence-corrected chi connectivity index (χ4v) is 3.23. The minimum Gasteiger partial charge on any atom is -0.339 e. The molecule has 1 aromatic carbocycles. The van der Waals surface area contributed by atoms with E-state index in [4.69, 9.17) is 0 Å². The number of aryl methyl sites for hydroxylation is 1. The van der Waals surface area contributed by atoms with Crippen LogP contribution in [0.5, 0.6) is 0 Å². The van der Waals surface area contributed by atoms with E-state index in [0.717, 1.165) is 23.5 Å². The Balaban J connectivity index is 1.99. The second-order valence-corrected chi connectivity index (χ2v) is 5.81. The van der Waals surface area contributed by atoms with Crippen LogP contribution in [0, 0.1) is 6.92 Å². The second kappa shape index (κ2) is 6.11. The van der Waals surface area contributed by atoms with Crippen molar-refractivity contribution in [3.63, 3.8) is 0 Å². The van der Waals surface area contributed by atoms with Gasteiger partial charge in [-0.15, -0.1) is 0 Å². The van der Waals surface area contributed by atoms with Gasteiger partial charge in [0.2, 0.25) is 5.91 Å². The zero-order valence-electron chi connectivity index (χ0n) is 10.5. The van der Waals surface area contributed by atoms with Gasteiger partial charge >= 0.3 is 0 Å². The molecular formula is C13H18N2O2S. The molecule has 0 radical (unpaired) electrons. The summed E-state index contributed by atoms with van der Waals surface area (Å²) in [5.41, 5.74) is 0.976. The van der Waals surface area contributed by atoms with E-state index in [1.807, 2.05) is 31.2 Å². The Morgan fingerprint density at radius 3 is 2.67 bits per heavy atom. The van der Waals surface area contributed by atoms with E-state index in [1.54, 1.807) is 4.90 Å². The Kier molecular flexibility index (Phi) is 4.49. The number of nitrogens with one attached hydrogen (secondary N) is 1. The number of piperazine rings is 1. The van der Waals surface area contributed by atoms with Crippen LogP contribution in [-0.2, 0) is 15.6 Å². The molecule has 5 heteroatoms. The summed E-state index contributed by atoms with van der Waals surface area (Å²) in [6.07, 6.45) is 0. The van der Waals surface area contributed by atoms with E-state index in [0.29, 0.717) is 13.1 Å². The quantitative estimate of drug-likeness (QED) is 0.868. The van der Waals surface area contributed by atoms with Crippen molar-refractivity contribution in [3.8, 4) is 0 Å². The summed E-state index contributed by atoms with van der Waals surface area (Å²) < 4.78 is 12.2. The second-order valence-electron chi connectivity index (χ2n) is 4.39. The highest BCUT2D eigenvalue weighted by molar-refractivity contribution is 7.85. The van der Waals surface area contributed by atoms with Crippen LogP contribution in [0.25, 0.3) is 0 Å². The summed E-state index contributed by atoms with van der Waals surface area (Å²) in [4.78, 5) is 14.5. The molecule has 0 aliphatic carbocycles. The molecule has 0 saturated carbocycles. The molecular weight excluding hydrogens is 248 g/mol. The van der Waals surface area contributed by atoms with E-state index in [-0.39, 0.29) is 11.7 Å². The highest BCUT2D eigenvalue weighted by Gasteiger charge is 2.19. The van der Waals surface area contributed by atoms with Crippen LogP contribution in [0.1, 0.15) is 5.56 Å². The van der Waals surface area contributed by atoms with Gasteiger partial charge in [-0.05, 0) is 18.6 Å². The molecule has 0 bridgehead atoms. The molecule has 1 atom stereocenters. The van der Waals surface area contributed by atoms with Gasteiger partial charge in [-0.3, -0.25) is 9.00 Å². The van der Waals surface area contributed by atoms with Gasteiger partial charge in [0.1, 0.15) is 5.75 Å². The molecule has 1 unspecified atom stereocenters. The van der Waals surface area contributed by atoms with Crippen LogP contribution >= 0.6 is 0 Å². The van der Waals surface area contributed by atoms with Gasteiger partial charge in [-0.2, -0.15) is 0 Å². The van der Waals surface area contributed by atoms with E-state index in [1.165, 1.54) is 0 Å². The summed E-state index contributed by atoms with van der Waals surface area (Å²) in [6.45, 7) is 4.99. The SMILES string of the molecule is Cc1ccccc1S(=O)CC(=O)N1CCNCC1. The van der Waals surface area contributed by atoms with Gasteiger partial charge in [0.15, 0.2) is 0 Å². The first kappa shape index (κ1) is 13.2. The average Bonchev–Trinajstić information content (AvgIpc) is 2.40. The Labute approximate surface area is 110 Å². The molecule has 1 amide bonds. The molecule has 1 fully saturated rings. The standard InChI is InChI=1S/C13H18N2O2S/c1-11-4-2-3-5-12(11)18(17)10-13(16)15-8-6-14-7-9-15/h2-5,14H,6-10H2,1H3. The van der Waals surface area contributed by atoms with Crippen molar-refractivity contribution in [1.29, 1.82) is 0 Å². The number of nitrogens with zero attached hydrogens (tertiary/aromatic N) is 1. The summed E-state index contributed by atoms with van der Waals surface area (Å²) in [6, 6.07) is 7.52. The minimum absolute atomic E-state index is 0.0157. The minimum atomic E-state index is -1.24. The highest BCUT2D eigenvalue weighted by Crippen LogP contribution is 2.12. The highest BCUT2D eigenvalue weighted by atomic mass is 32.2. The third kappa shape index (κ3) is 3.17. The van der Waals surface area contributed by atoms with Crippen LogP contribution in [0.2, 0.25) is 0 Å². The Bertz CT molecular complexity index is 456. The molecule has 1 heterocycles. The van der Waals surface area contributed by atoms with Crippen LogP contribution in [0.4, 0.5) is 0 Å². The predicted molar refractivity (Wildman–Crippen MR) is 71.9 cm³/mol. The molecule has 1 saturated heterocycles. The van der Waals surface area contributed by atoms with E-state index in [2.05, 4.69) is 5.32 Å². The van der Waals surface area contributed by atoms with Gasteiger partial charge in [0, 0.05) is 31.1 Å². The van der Waals surface area contributed by atoms with Crippen LogP contribution < -0.4 is 5.32 Å². The summed E-state index contributed by atoms with van der Waals surface area (Å²) >= 11 is 0. The maximum atomic E-state index is 12.2. The number of hydrogen-bond acceptors (Lipinski definition) is 3. The lowest BCUT2D eigenvalue weighted by Gasteiger charge is -2.27. The van der Waals surface area contributed by atoms with Gasteiger partial charge in [0.25, 0.3) is 0 Å². The number of amides is 1. The smallest absolute Gasteiger partial charge is 0.235 e. The number of carbonyl (C=O) groups is 1. The van der Waals surface area contributed by atoms with E-state index < -0.39 is 10.8 Å². The Morgan fingerprint density at radius 2 is 2.00 bits per heavy atom. The summed E-state index contributed by atoms with van der Waals surface area (Å²) in [7, 11) is -1.24. The first-order valence-corrected chi connectivity index (χ1v) is 7.43. The lowest BCUT2D eigenvalue weighted by Crippen LogP contribution is -2.47. The van der Waals surface area contributed by atoms with Gasteiger partial charge in [-0.25, -0.2) is 0 Å². The normalized spacial score (nSPS) is 17.5. The largest absolute Gasteiger partial charge is 0.339 e. The molecule has 0 spiro atoms. The molecule has 18 heavy (non-hydrogen) atoms. The number of rotatable bonds is 3. The van der Waals surface area contributed by atoms with Gasteiger partial charge in [0.05, 0.1) is 10.8 Å². The molecule has 4 nitrogen and oxygen atoms in total. The number of benzene rings is 1. The molecule has 98 valence electrons. The van der Waals surface area contributed by atoms with Crippen LogP contribution in [0.15, 0.2) is 29.2 Å². The molecule has 1 aliphatic heterocycles.